The monoisotopic (exact) mass is 756 g/mol. The summed E-state index contributed by atoms with van der Waals surface area (Å²) in [5.41, 5.74) is 18.6. The van der Waals surface area contributed by atoms with Gasteiger partial charge in [-0.05, 0) is 143 Å². The molecular weight excluding hydrogens is 709 g/mol. The fourth-order valence-electron chi connectivity index (χ4n) is 8.37. The minimum atomic E-state index is 0.967. The largest absolute Gasteiger partial charge is 0.248 e. The van der Waals surface area contributed by atoms with Gasteiger partial charge >= 0.3 is 0 Å². The lowest BCUT2D eigenvalue weighted by Gasteiger charge is -2.22. The summed E-state index contributed by atoms with van der Waals surface area (Å²) in [7, 11) is 0. The van der Waals surface area contributed by atoms with Crippen molar-refractivity contribution in [2.45, 2.75) is 54.4 Å². The molecule has 0 amide bonds. The quantitative estimate of drug-likeness (QED) is 0.151. The lowest BCUT2D eigenvalue weighted by molar-refractivity contribution is 1.00. The van der Waals surface area contributed by atoms with Crippen LogP contribution in [-0.2, 0) is 6.42 Å². The zero-order chi connectivity index (χ0) is 39.6. The molecule has 2 aromatic heterocycles. The standard InChI is InChI=1S/C30H26.C24H22N2S/c1-19-11-5-7-13-24(19)29-21(3)22(4)30(27-16-10-9-15-26(27)29)28-20(2)17-18-23-12-6-8-14-25(23)28;1-4-5-14-21-17(3)27-24-23(21)25-16(2)22(26-24)20-13-9-12-19(15-20)18-10-7-6-8-11-18/h5-18H,1-4H3;4,6-13,15H,1,5,14H2,2-3H3. The maximum atomic E-state index is 5.00. The summed E-state index contributed by atoms with van der Waals surface area (Å²) < 4.78 is 0. The van der Waals surface area contributed by atoms with Crippen molar-refractivity contribution in [2.75, 3.05) is 0 Å². The number of aryl methyl sites for hydroxylation is 5. The van der Waals surface area contributed by atoms with E-state index in [2.05, 4.69) is 182 Å². The molecule has 9 aromatic rings. The van der Waals surface area contributed by atoms with E-state index in [-0.39, 0.29) is 0 Å². The Hall–Kier alpha value is -6.16. The van der Waals surface area contributed by atoms with Gasteiger partial charge < -0.3 is 0 Å². The SMILES string of the molecule is C=CCCc1c(C)sc2nc(-c3cccc(-c4ccccc4)c3)c(C)nc12.Cc1ccccc1-c1c(C)c(C)c(-c2c(C)ccc3ccccc23)c2ccccc12. The molecule has 2 heterocycles. The Morgan fingerprint density at radius 3 is 1.93 bits per heavy atom. The molecule has 0 saturated carbocycles. The molecule has 0 aliphatic carbocycles. The number of aromatic nitrogens is 2. The average Bonchev–Trinajstić information content (AvgIpc) is 3.54. The van der Waals surface area contributed by atoms with E-state index in [1.54, 1.807) is 11.3 Å². The third-order valence-electron chi connectivity index (χ3n) is 11.4. The maximum Gasteiger partial charge on any atom is 0.143 e. The van der Waals surface area contributed by atoms with Crippen molar-refractivity contribution in [1.29, 1.82) is 0 Å². The molecule has 3 heteroatoms. The zero-order valence-corrected chi connectivity index (χ0v) is 34.6. The normalized spacial score (nSPS) is 11.2. The van der Waals surface area contributed by atoms with Crippen molar-refractivity contribution in [2.24, 2.45) is 0 Å². The van der Waals surface area contributed by atoms with Gasteiger partial charge in [0.15, 0.2) is 0 Å². The molecule has 280 valence electrons. The number of benzene rings is 7. The first-order chi connectivity index (χ1) is 27.7. The van der Waals surface area contributed by atoms with Gasteiger partial charge in [-0.25, -0.2) is 9.97 Å². The van der Waals surface area contributed by atoms with Crippen molar-refractivity contribution >= 4 is 43.2 Å². The molecule has 0 bridgehead atoms. The van der Waals surface area contributed by atoms with Gasteiger partial charge in [-0.15, -0.1) is 17.9 Å². The third kappa shape index (κ3) is 7.20. The Kier molecular flexibility index (Phi) is 10.7. The smallest absolute Gasteiger partial charge is 0.143 e. The van der Waals surface area contributed by atoms with Crippen LogP contribution in [0.2, 0.25) is 0 Å². The van der Waals surface area contributed by atoms with Crippen LogP contribution in [0.3, 0.4) is 0 Å². The molecule has 57 heavy (non-hydrogen) atoms. The molecule has 0 radical (unpaired) electrons. The molecule has 0 unspecified atom stereocenters. The van der Waals surface area contributed by atoms with Crippen LogP contribution in [0.1, 0.15) is 44.8 Å². The molecular formula is C54H48N2S. The molecule has 0 N–H and O–H groups in total. The Balaban J connectivity index is 0.000000161. The number of fused-ring (bicyclic) bond motifs is 3. The molecule has 0 aliphatic rings. The average molecular weight is 757 g/mol. The molecule has 0 fully saturated rings. The van der Waals surface area contributed by atoms with E-state index in [4.69, 9.17) is 9.97 Å². The Labute approximate surface area is 341 Å². The first-order valence-corrected chi connectivity index (χ1v) is 20.7. The summed E-state index contributed by atoms with van der Waals surface area (Å²) in [6.45, 7) is 17.1. The maximum absolute atomic E-state index is 5.00. The van der Waals surface area contributed by atoms with E-state index in [0.29, 0.717) is 0 Å². The van der Waals surface area contributed by atoms with Crippen LogP contribution in [0.4, 0.5) is 0 Å². The summed E-state index contributed by atoms with van der Waals surface area (Å²) >= 11 is 1.74. The molecule has 9 rings (SSSR count). The second kappa shape index (κ2) is 16.1. The van der Waals surface area contributed by atoms with Gasteiger partial charge in [-0.2, -0.15) is 0 Å². The van der Waals surface area contributed by atoms with Crippen LogP contribution in [0, 0.1) is 41.5 Å². The van der Waals surface area contributed by atoms with Gasteiger partial charge in [-0.1, -0.05) is 140 Å². The second-order valence-electron chi connectivity index (χ2n) is 15.1. The number of rotatable bonds is 7. The Bertz CT molecular complexity index is 2930. The molecule has 0 spiro atoms. The van der Waals surface area contributed by atoms with E-state index in [1.807, 2.05) is 12.1 Å². The summed E-state index contributed by atoms with van der Waals surface area (Å²) in [4.78, 5) is 12.3. The topological polar surface area (TPSA) is 25.8 Å². The van der Waals surface area contributed by atoms with Gasteiger partial charge in [-0.3, -0.25) is 0 Å². The Morgan fingerprint density at radius 2 is 1.18 bits per heavy atom. The highest BCUT2D eigenvalue weighted by Gasteiger charge is 2.20. The minimum absolute atomic E-state index is 0.967. The van der Waals surface area contributed by atoms with Crippen molar-refractivity contribution < 1.29 is 0 Å². The first kappa shape index (κ1) is 37.7. The highest BCUT2D eigenvalue weighted by atomic mass is 32.1. The van der Waals surface area contributed by atoms with Crippen molar-refractivity contribution in [3.05, 3.63) is 191 Å². The van der Waals surface area contributed by atoms with Crippen molar-refractivity contribution in [3.63, 3.8) is 0 Å². The fourth-order valence-corrected chi connectivity index (χ4v) is 9.38. The molecule has 0 aliphatic heterocycles. The molecule has 0 saturated heterocycles. The summed E-state index contributed by atoms with van der Waals surface area (Å²) in [6.07, 6.45) is 3.91. The van der Waals surface area contributed by atoms with Gasteiger partial charge in [0.2, 0.25) is 0 Å². The lowest BCUT2D eigenvalue weighted by Crippen LogP contribution is -1.98. The summed E-state index contributed by atoms with van der Waals surface area (Å²) in [5, 5.41) is 5.28. The van der Waals surface area contributed by atoms with E-state index in [9.17, 15) is 0 Å². The van der Waals surface area contributed by atoms with Crippen LogP contribution < -0.4 is 0 Å². The molecule has 7 aromatic carbocycles. The molecule has 0 atom stereocenters. The van der Waals surface area contributed by atoms with Crippen LogP contribution in [0.5, 0.6) is 0 Å². The highest BCUT2D eigenvalue weighted by molar-refractivity contribution is 7.18. The molecule has 2 nitrogen and oxygen atoms in total. The second-order valence-corrected chi connectivity index (χ2v) is 16.3. The predicted molar refractivity (Wildman–Crippen MR) is 248 cm³/mol. The van der Waals surface area contributed by atoms with Gasteiger partial charge in [0.25, 0.3) is 0 Å². The van der Waals surface area contributed by atoms with Crippen LogP contribution in [-0.4, -0.2) is 9.97 Å². The number of hydrogen-bond donors (Lipinski definition) is 0. The lowest BCUT2D eigenvalue weighted by atomic mass is 9.81. The fraction of sp³-hybridized carbons (Fsp3) is 0.148. The first-order valence-electron chi connectivity index (χ1n) is 19.8. The van der Waals surface area contributed by atoms with Gasteiger partial charge in [0.05, 0.1) is 11.4 Å². The van der Waals surface area contributed by atoms with Crippen LogP contribution >= 0.6 is 11.3 Å². The predicted octanol–water partition coefficient (Wildman–Crippen LogP) is 15.3. The number of hydrogen-bond acceptors (Lipinski definition) is 3. The van der Waals surface area contributed by atoms with E-state index < -0.39 is 0 Å². The van der Waals surface area contributed by atoms with Crippen molar-refractivity contribution in [1.82, 2.24) is 9.97 Å². The van der Waals surface area contributed by atoms with E-state index >= 15 is 0 Å². The minimum Gasteiger partial charge on any atom is -0.248 e. The van der Waals surface area contributed by atoms with Crippen molar-refractivity contribution in [3.8, 4) is 44.6 Å². The Morgan fingerprint density at radius 1 is 0.544 bits per heavy atom. The summed E-state index contributed by atoms with van der Waals surface area (Å²) in [6, 6.07) is 49.9. The highest BCUT2D eigenvalue weighted by Crippen LogP contribution is 2.45. The zero-order valence-electron chi connectivity index (χ0n) is 33.8. The van der Waals surface area contributed by atoms with Crippen LogP contribution in [0.25, 0.3) is 76.5 Å². The number of nitrogens with zero attached hydrogens (tertiary/aromatic N) is 2. The number of thiophene rings is 1. The summed E-state index contributed by atoms with van der Waals surface area (Å²) in [5.74, 6) is 0. The van der Waals surface area contributed by atoms with E-state index in [1.165, 1.54) is 87.6 Å². The third-order valence-corrected chi connectivity index (χ3v) is 12.5. The van der Waals surface area contributed by atoms with Gasteiger partial charge in [0.1, 0.15) is 10.3 Å². The van der Waals surface area contributed by atoms with E-state index in [0.717, 1.165) is 40.1 Å². The number of allylic oxidation sites excluding steroid dienone is 1. The van der Waals surface area contributed by atoms with Crippen LogP contribution in [0.15, 0.2) is 152 Å². The van der Waals surface area contributed by atoms with Gasteiger partial charge in [0, 0.05) is 10.4 Å².